The Morgan fingerprint density at radius 2 is 2.06 bits per heavy atom. The number of amides is 1. The van der Waals surface area contributed by atoms with Crippen LogP contribution in [0.15, 0.2) is 0 Å². The number of carbonyl (C=O) groups is 2. The summed E-state index contributed by atoms with van der Waals surface area (Å²) in [5.41, 5.74) is -0.441. The van der Waals surface area contributed by atoms with E-state index >= 15 is 0 Å². The van der Waals surface area contributed by atoms with Gasteiger partial charge in [0.25, 0.3) is 0 Å². The van der Waals surface area contributed by atoms with Crippen LogP contribution in [0.2, 0.25) is 0 Å². The molecule has 1 fully saturated rings. The number of hydrogen-bond acceptors (Lipinski definition) is 4. The Morgan fingerprint density at radius 3 is 2.59 bits per heavy atom. The van der Waals surface area contributed by atoms with Gasteiger partial charge in [-0.3, -0.25) is 4.79 Å². The van der Waals surface area contributed by atoms with Crippen molar-refractivity contribution in [2.24, 2.45) is 5.92 Å². The predicted molar refractivity (Wildman–Crippen MR) is 69.1 cm³/mol. The second-order valence-corrected chi connectivity index (χ2v) is 6.58. The summed E-state index contributed by atoms with van der Waals surface area (Å²) >= 11 is 1.34. The first-order valence-electron chi connectivity index (χ1n) is 5.89. The van der Waals surface area contributed by atoms with Crippen molar-refractivity contribution in [1.82, 2.24) is 4.90 Å². The van der Waals surface area contributed by atoms with Gasteiger partial charge in [-0.2, -0.15) is 0 Å². The molecule has 0 saturated carbocycles. The van der Waals surface area contributed by atoms with Crippen LogP contribution in [0.4, 0.5) is 4.79 Å². The summed E-state index contributed by atoms with van der Waals surface area (Å²) in [6.07, 6.45) is 0.715. The van der Waals surface area contributed by atoms with Crippen LogP contribution >= 0.6 is 11.8 Å². The number of hydrogen-bond donors (Lipinski definition) is 0. The first-order valence-corrected chi connectivity index (χ1v) is 6.88. The summed E-state index contributed by atoms with van der Waals surface area (Å²) in [4.78, 5) is 24.4. The molecule has 0 spiro atoms. The van der Waals surface area contributed by atoms with Gasteiger partial charge in [0, 0.05) is 25.8 Å². The first-order chi connectivity index (χ1) is 7.78. The lowest BCUT2D eigenvalue weighted by atomic mass is 10.2. The van der Waals surface area contributed by atoms with Crippen LogP contribution in [0.5, 0.6) is 0 Å². The largest absolute Gasteiger partial charge is 0.444 e. The molecule has 98 valence electrons. The van der Waals surface area contributed by atoms with Gasteiger partial charge < -0.3 is 9.64 Å². The Hall–Kier alpha value is -0.710. The molecule has 1 aliphatic heterocycles. The Bertz CT molecular complexity index is 299. The summed E-state index contributed by atoms with van der Waals surface area (Å²) in [7, 11) is 0. The number of thioether (sulfide) groups is 1. The van der Waals surface area contributed by atoms with Gasteiger partial charge in [-0.1, -0.05) is 11.8 Å². The zero-order valence-electron chi connectivity index (χ0n) is 11.0. The highest BCUT2D eigenvalue weighted by molar-refractivity contribution is 8.13. The number of ether oxygens (including phenoxy) is 1. The summed E-state index contributed by atoms with van der Waals surface area (Å²) in [5.74, 6) is 1.21. The molecule has 17 heavy (non-hydrogen) atoms. The lowest BCUT2D eigenvalue weighted by Gasteiger charge is -2.24. The smallest absolute Gasteiger partial charge is 0.410 e. The summed E-state index contributed by atoms with van der Waals surface area (Å²) in [5, 5.41) is 0.140. The first kappa shape index (κ1) is 14.4. The molecular weight excluding hydrogens is 238 g/mol. The minimum atomic E-state index is -0.441. The predicted octanol–water partition coefficient (Wildman–Crippen LogP) is 2.52. The van der Waals surface area contributed by atoms with Gasteiger partial charge in [0.1, 0.15) is 5.60 Å². The molecule has 0 aromatic heterocycles. The fourth-order valence-corrected chi connectivity index (χ4v) is 2.44. The Balaban J connectivity index is 2.34. The summed E-state index contributed by atoms with van der Waals surface area (Å²) < 4.78 is 5.31. The number of likely N-dealkylation sites (tertiary alicyclic amines) is 1. The van der Waals surface area contributed by atoms with Crippen molar-refractivity contribution in [2.45, 2.75) is 39.7 Å². The van der Waals surface area contributed by atoms with Crippen LogP contribution < -0.4 is 0 Å². The second-order valence-electron chi connectivity index (χ2n) is 5.38. The number of rotatable bonds is 2. The molecule has 1 amide bonds. The minimum absolute atomic E-state index is 0.140. The molecule has 0 radical (unpaired) electrons. The van der Waals surface area contributed by atoms with E-state index in [0.717, 1.165) is 18.7 Å². The third-order valence-electron chi connectivity index (χ3n) is 2.46. The van der Waals surface area contributed by atoms with Crippen LogP contribution in [-0.4, -0.2) is 40.6 Å². The second kappa shape index (κ2) is 5.76. The van der Waals surface area contributed by atoms with E-state index in [1.807, 2.05) is 20.8 Å². The molecule has 1 aliphatic rings. The third-order valence-corrected chi connectivity index (χ3v) is 3.50. The fraction of sp³-hybridized carbons (Fsp3) is 0.833. The summed E-state index contributed by atoms with van der Waals surface area (Å²) in [6, 6.07) is 0. The van der Waals surface area contributed by atoms with Gasteiger partial charge in [0.05, 0.1) is 0 Å². The number of nitrogens with zero attached hydrogens (tertiary/aromatic N) is 1. The van der Waals surface area contributed by atoms with Crippen LogP contribution in [0.3, 0.4) is 0 Å². The molecular formula is C12H21NO3S. The molecule has 1 rings (SSSR count). The van der Waals surface area contributed by atoms with Gasteiger partial charge in [0.2, 0.25) is 0 Å². The van der Waals surface area contributed by atoms with Crippen LogP contribution in [0, 0.1) is 5.92 Å². The molecule has 0 bridgehead atoms. The monoisotopic (exact) mass is 259 g/mol. The molecule has 5 heteroatoms. The van der Waals surface area contributed by atoms with E-state index in [2.05, 4.69) is 0 Å². The standard InChI is InChI=1S/C12H21NO3S/c1-9(14)17-8-10-5-6-13(7-10)11(15)16-12(2,3)4/h10H,5-8H2,1-4H3/t10-/m1/s1. The van der Waals surface area contributed by atoms with Crippen LogP contribution in [0.1, 0.15) is 34.1 Å². The maximum Gasteiger partial charge on any atom is 0.410 e. The van der Waals surface area contributed by atoms with E-state index in [1.165, 1.54) is 11.8 Å². The van der Waals surface area contributed by atoms with Crippen molar-refractivity contribution >= 4 is 23.0 Å². The van der Waals surface area contributed by atoms with E-state index in [0.29, 0.717) is 12.5 Å². The van der Waals surface area contributed by atoms with Crippen LogP contribution in [-0.2, 0) is 9.53 Å². The Labute approximate surface area is 107 Å². The average Bonchev–Trinajstić information content (AvgIpc) is 2.60. The maximum atomic E-state index is 11.8. The fourth-order valence-electron chi connectivity index (χ4n) is 1.70. The Morgan fingerprint density at radius 1 is 1.41 bits per heavy atom. The van der Waals surface area contributed by atoms with E-state index in [1.54, 1.807) is 11.8 Å². The highest BCUT2D eigenvalue weighted by Crippen LogP contribution is 2.22. The number of carbonyl (C=O) groups excluding carboxylic acids is 2. The zero-order valence-corrected chi connectivity index (χ0v) is 11.8. The average molecular weight is 259 g/mol. The molecule has 0 aromatic carbocycles. The zero-order chi connectivity index (χ0) is 13.1. The van der Waals surface area contributed by atoms with Crippen molar-refractivity contribution in [3.05, 3.63) is 0 Å². The van der Waals surface area contributed by atoms with E-state index in [4.69, 9.17) is 4.74 Å². The molecule has 1 heterocycles. The van der Waals surface area contributed by atoms with Crippen molar-refractivity contribution in [2.75, 3.05) is 18.8 Å². The van der Waals surface area contributed by atoms with Gasteiger partial charge in [0.15, 0.2) is 5.12 Å². The van der Waals surface area contributed by atoms with E-state index in [9.17, 15) is 9.59 Å². The van der Waals surface area contributed by atoms with Gasteiger partial charge in [-0.25, -0.2) is 4.79 Å². The minimum Gasteiger partial charge on any atom is -0.444 e. The molecule has 0 aliphatic carbocycles. The van der Waals surface area contributed by atoms with Gasteiger partial charge in [-0.15, -0.1) is 0 Å². The van der Waals surface area contributed by atoms with Gasteiger partial charge in [-0.05, 0) is 33.1 Å². The maximum absolute atomic E-state index is 11.8. The lowest BCUT2D eigenvalue weighted by molar-refractivity contribution is -0.109. The van der Waals surface area contributed by atoms with Crippen molar-refractivity contribution < 1.29 is 14.3 Å². The third kappa shape index (κ3) is 5.44. The van der Waals surface area contributed by atoms with Crippen LogP contribution in [0.25, 0.3) is 0 Å². The van der Waals surface area contributed by atoms with Gasteiger partial charge >= 0.3 is 6.09 Å². The molecule has 0 N–H and O–H groups in total. The molecule has 0 aromatic rings. The molecule has 1 atom stereocenters. The SMILES string of the molecule is CC(=O)SC[C@@H]1CCN(C(=O)OC(C)(C)C)C1. The van der Waals surface area contributed by atoms with Crippen molar-refractivity contribution in [3.8, 4) is 0 Å². The normalized spacial score (nSPS) is 20.5. The topological polar surface area (TPSA) is 46.6 Å². The van der Waals surface area contributed by atoms with Crippen molar-refractivity contribution in [3.63, 3.8) is 0 Å². The highest BCUT2D eigenvalue weighted by atomic mass is 32.2. The molecule has 1 saturated heterocycles. The Kier molecular flexibility index (Phi) is 4.86. The van der Waals surface area contributed by atoms with E-state index < -0.39 is 5.60 Å². The molecule has 4 nitrogen and oxygen atoms in total. The van der Waals surface area contributed by atoms with Crippen molar-refractivity contribution in [1.29, 1.82) is 0 Å². The lowest BCUT2D eigenvalue weighted by Crippen LogP contribution is -2.35. The molecule has 0 unspecified atom stereocenters. The summed E-state index contributed by atoms with van der Waals surface area (Å²) in [6.45, 7) is 8.61. The van der Waals surface area contributed by atoms with E-state index in [-0.39, 0.29) is 11.2 Å². The highest BCUT2D eigenvalue weighted by Gasteiger charge is 2.29. The quantitative estimate of drug-likeness (QED) is 0.764.